The molecule has 1 aliphatic carbocycles. The zero-order valence-electron chi connectivity index (χ0n) is 11.9. The fraction of sp³-hybridized carbons (Fsp3) is 0.250. The number of imidazole rings is 1. The van der Waals surface area contributed by atoms with Crippen molar-refractivity contribution in [3.8, 4) is 0 Å². The van der Waals surface area contributed by atoms with Crippen LogP contribution in [0.2, 0.25) is 0 Å². The van der Waals surface area contributed by atoms with E-state index in [1.165, 1.54) is 17.3 Å². The molecular formula is C16H16N4OS. The highest BCUT2D eigenvalue weighted by molar-refractivity contribution is 7.80. The highest BCUT2D eigenvalue weighted by Gasteiger charge is 2.26. The average molecular weight is 312 g/mol. The Bertz CT molecular complexity index is 837. The Morgan fingerprint density at radius 2 is 2.32 bits per heavy atom. The van der Waals surface area contributed by atoms with Crippen LogP contribution in [0.3, 0.4) is 0 Å². The molecule has 0 bridgehead atoms. The summed E-state index contributed by atoms with van der Waals surface area (Å²) >= 11 is 4.43. The van der Waals surface area contributed by atoms with Gasteiger partial charge in [-0.2, -0.15) is 0 Å². The lowest BCUT2D eigenvalue weighted by molar-refractivity contribution is 0.0927. The number of nitrogens with zero attached hydrogens (tertiary/aromatic N) is 1. The number of thiol groups is 1. The van der Waals surface area contributed by atoms with Crippen LogP contribution in [0, 0.1) is 0 Å². The molecule has 4 rings (SSSR count). The second kappa shape index (κ2) is 5.21. The predicted molar refractivity (Wildman–Crippen MR) is 87.3 cm³/mol. The standard InChI is InChI=1S/C16H16N4OS/c21-16(14-7-17-8-18-14)20-13-3-1-2-10-11-6-9(22)4-5-12(11)19-15(10)13/h4-8,13,19,22H,1-3H2,(H,17,18)(H,20,21). The number of H-pyrrole nitrogens is 2. The number of benzene rings is 1. The molecule has 2 heterocycles. The van der Waals surface area contributed by atoms with Gasteiger partial charge in [-0.3, -0.25) is 4.79 Å². The summed E-state index contributed by atoms with van der Waals surface area (Å²) in [4.78, 5) is 23.5. The Labute approximate surface area is 132 Å². The van der Waals surface area contributed by atoms with Crippen LogP contribution in [0.25, 0.3) is 10.9 Å². The monoisotopic (exact) mass is 312 g/mol. The quantitative estimate of drug-likeness (QED) is 0.549. The molecule has 0 fully saturated rings. The van der Waals surface area contributed by atoms with Gasteiger partial charge in [-0.25, -0.2) is 4.98 Å². The first-order valence-electron chi connectivity index (χ1n) is 7.35. The highest BCUT2D eigenvalue weighted by Crippen LogP contribution is 2.35. The van der Waals surface area contributed by atoms with E-state index >= 15 is 0 Å². The van der Waals surface area contributed by atoms with Gasteiger partial charge in [0.05, 0.1) is 12.4 Å². The van der Waals surface area contributed by atoms with Gasteiger partial charge < -0.3 is 15.3 Å². The molecular weight excluding hydrogens is 296 g/mol. The molecule has 112 valence electrons. The molecule has 1 amide bonds. The number of carbonyl (C=O) groups excluding carboxylic acids is 1. The molecule has 0 radical (unpaired) electrons. The summed E-state index contributed by atoms with van der Waals surface area (Å²) in [6.07, 6.45) is 6.14. The summed E-state index contributed by atoms with van der Waals surface area (Å²) in [6, 6.07) is 6.11. The first kappa shape index (κ1) is 13.5. The Morgan fingerprint density at radius 1 is 1.41 bits per heavy atom. The smallest absolute Gasteiger partial charge is 0.271 e. The molecule has 0 spiro atoms. The van der Waals surface area contributed by atoms with E-state index < -0.39 is 0 Å². The molecule has 22 heavy (non-hydrogen) atoms. The van der Waals surface area contributed by atoms with Crippen molar-refractivity contribution < 1.29 is 4.79 Å². The van der Waals surface area contributed by atoms with Crippen LogP contribution in [-0.4, -0.2) is 20.9 Å². The summed E-state index contributed by atoms with van der Waals surface area (Å²) in [5.74, 6) is -0.146. The number of rotatable bonds is 2. The number of hydrogen-bond donors (Lipinski definition) is 4. The molecule has 1 aromatic carbocycles. The second-order valence-corrected chi connectivity index (χ2v) is 6.14. The summed E-state index contributed by atoms with van der Waals surface area (Å²) in [5, 5.41) is 4.29. The van der Waals surface area contributed by atoms with Gasteiger partial charge >= 0.3 is 0 Å². The summed E-state index contributed by atoms with van der Waals surface area (Å²) < 4.78 is 0. The normalized spacial score (nSPS) is 17.4. The fourth-order valence-electron chi connectivity index (χ4n) is 3.21. The third-order valence-electron chi connectivity index (χ3n) is 4.23. The van der Waals surface area contributed by atoms with Crippen molar-refractivity contribution in [2.45, 2.75) is 30.2 Å². The molecule has 1 unspecified atom stereocenters. The summed E-state index contributed by atoms with van der Waals surface area (Å²) in [7, 11) is 0. The van der Waals surface area contributed by atoms with Crippen LogP contribution in [0.4, 0.5) is 0 Å². The topological polar surface area (TPSA) is 73.6 Å². The van der Waals surface area contributed by atoms with E-state index in [0.717, 1.165) is 35.4 Å². The molecule has 0 saturated carbocycles. The predicted octanol–water partition coefficient (Wildman–Crippen LogP) is 2.99. The minimum absolute atomic E-state index is 0.00344. The average Bonchev–Trinajstić information content (AvgIpc) is 3.15. The Kier molecular flexibility index (Phi) is 3.18. The Hall–Kier alpha value is -2.21. The maximum Gasteiger partial charge on any atom is 0.271 e. The Balaban J connectivity index is 1.70. The highest BCUT2D eigenvalue weighted by atomic mass is 32.1. The van der Waals surface area contributed by atoms with Crippen LogP contribution in [0.15, 0.2) is 35.6 Å². The van der Waals surface area contributed by atoms with Crippen LogP contribution < -0.4 is 5.32 Å². The fourth-order valence-corrected chi connectivity index (χ4v) is 3.42. The van der Waals surface area contributed by atoms with E-state index in [2.05, 4.69) is 39.0 Å². The van der Waals surface area contributed by atoms with Crippen molar-refractivity contribution in [1.29, 1.82) is 0 Å². The molecule has 0 aliphatic heterocycles. The largest absolute Gasteiger partial charge is 0.356 e. The number of carbonyl (C=O) groups is 1. The number of aromatic amines is 2. The van der Waals surface area contributed by atoms with Crippen LogP contribution in [0.1, 0.15) is 40.6 Å². The lowest BCUT2D eigenvalue weighted by Gasteiger charge is -2.23. The van der Waals surface area contributed by atoms with Crippen molar-refractivity contribution in [3.05, 3.63) is 47.7 Å². The van der Waals surface area contributed by atoms with Crippen LogP contribution in [-0.2, 0) is 6.42 Å². The molecule has 0 saturated heterocycles. The van der Waals surface area contributed by atoms with E-state index in [1.807, 2.05) is 12.1 Å². The maximum atomic E-state index is 12.2. The number of aromatic nitrogens is 3. The molecule has 3 aromatic rings. The van der Waals surface area contributed by atoms with Crippen molar-refractivity contribution >= 4 is 29.4 Å². The lowest BCUT2D eigenvalue weighted by atomic mass is 9.91. The summed E-state index contributed by atoms with van der Waals surface area (Å²) in [6.45, 7) is 0. The van der Waals surface area contributed by atoms with Gasteiger partial charge in [-0.05, 0) is 43.0 Å². The minimum atomic E-state index is -0.146. The first-order valence-corrected chi connectivity index (χ1v) is 7.80. The SMILES string of the molecule is O=C(NC1CCCc2c1[nH]c1ccc(S)cc21)c1c[nH]cn1. The number of amides is 1. The molecule has 2 aromatic heterocycles. The lowest BCUT2D eigenvalue weighted by Crippen LogP contribution is -2.31. The second-order valence-electron chi connectivity index (χ2n) is 5.62. The van der Waals surface area contributed by atoms with Crippen molar-refractivity contribution in [2.75, 3.05) is 0 Å². The number of nitrogens with one attached hydrogen (secondary N) is 3. The van der Waals surface area contributed by atoms with E-state index in [9.17, 15) is 4.79 Å². The number of hydrogen-bond acceptors (Lipinski definition) is 3. The third-order valence-corrected chi connectivity index (χ3v) is 4.51. The van der Waals surface area contributed by atoms with Crippen molar-refractivity contribution in [3.63, 3.8) is 0 Å². The molecule has 5 nitrogen and oxygen atoms in total. The van der Waals surface area contributed by atoms with Gasteiger partial charge in [-0.15, -0.1) is 12.6 Å². The van der Waals surface area contributed by atoms with Gasteiger partial charge in [0.25, 0.3) is 5.91 Å². The van der Waals surface area contributed by atoms with Gasteiger partial charge in [-0.1, -0.05) is 0 Å². The van der Waals surface area contributed by atoms with E-state index in [-0.39, 0.29) is 11.9 Å². The zero-order valence-corrected chi connectivity index (χ0v) is 12.8. The van der Waals surface area contributed by atoms with E-state index in [0.29, 0.717) is 5.69 Å². The van der Waals surface area contributed by atoms with Crippen molar-refractivity contribution in [1.82, 2.24) is 20.3 Å². The molecule has 6 heteroatoms. The van der Waals surface area contributed by atoms with Gasteiger partial charge in [0.1, 0.15) is 5.69 Å². The Morgan fingerprint density at radius 3 is 3.14 bits per heavy atom. The zero-order chi connectivity index (χ0) is 15.1. The van der Waals surface area contributed by atoms with Crippen LogP contribution in [0.5, 0.6) is 0 Å². The van der Waals surface area contributed by atoms with Crippen molar-refractivity contribution in [2.24, 2.45) is 0 Å². The van der Waals surface area contributed by atoms with Gasteiger partial charge in [0.2, 0.25) is 0 Å². The number of fused-ring (bicyclic) bond motifs is 3. The minimum Gasteiger partial charge on any atom is -0.356 e. The van der Waals surface area contributed by atoms with Gasteiger partial charge in [0, 0.05) is 27.7 Å². The molecule has 3 N–H and O–H groups in total. The molecule has 1 aliphatic rings. The maximum absolute atomic E-state index is 12.2. The van der Waals surface area contributed by atoms with E-state index in [4.69, 9.17) is 0 Å². The van der Waals surface area contributed by atoms with Crippen LogP contribution >= 0.6 is 12.6 Å². The molecule has 1 atom stereocenters. The third kappa shape index (κ3) is 2.20. The first-order chi connectivity index (χ1) is 10.7. The number of aryl methyl sites for hydroxylation is 1. The summed E-state index contributed by atoms with van der Waals surface area (Å²) in [5.41, 5.74) is 3.93. The van der Waals surface area contributed by atoms with Gasteiger partial charge in [0.15, 0.2) is 0 Å². The van der Waals surface area contributed by atoms with E-state index in [1.54, 1.807) is 6.20 Å².